The Kier molecular flexibility index (Phi) is 4.98. The van der Waals surface area contributed by atoms with E-state index in [2.05, 4.69) is 61.1 Å². The summed E-state index contributed by atoms with van der Waals surface area (Å²) in [6.07, 6.45) is 1.09. The summed E-state index contributed by atoms with van der Waals surface area (Å²) in [4.78, 5) is 2.90. The van der Waals surface area contributed by atoms with Crippen LogP contribution in [0.15, 0.2) is 35.0 Å². The van der Waals surface area contributed by atoms with Crippen molar-refractivity contribution in [3.8, 4) is 0 Å². The van der Waals surface area contributed by atoms with E-state index in [0.717, 1.165) is 6.42 Å². The molecule has 1 N–H and O–H groups in total. The molecule has 18 heavy (non-hydrogen) atoms. The molecular weight excluding hydrogens is 258 g/mol. The standard InChI is InChI=1S/C15H21NS2/c1-11(2)12(3)16-14(15-7-5-9-18-15)10-13-6-4-8-17-13/h4-9,11-12,14,16H,10H2,1-3H3. The maximum absolute atomic E-state index is 3.77. The molecule has 3 heteroatoms. The highest BCUT2D eigenvalue weighted by molar-refractivity contribution is 7.10. The predicted molar refractivity (Wildman–Crippen MR) is 82.5 cm³/mol. The Balaban J connectivity index is 2.08. The average Bonchev–Trinajstić information content (AvgIpc) is 3.00. The quantitative estimate of drug-likeness (QED) is 0.806. The highest BCUT2D eigenvalue weighted by Gasteiger charge is 2.18. The minimum Gasteiger partial charge on any atom is -0.306 e. The molecule has 0 amide bonds. The van der Waals surface area contributed by atoms with Gasteiger partial charge in [0.2, 0.25) is 0 Å². The monoisotopic (exact) mass is 279 g/mol. The lowest BCUT2D eigenvalue weighted by Gasteiger charge is -2.24. The third-order valence-electron chi connectivity index (χ3n) is 3.34. The lowest BCUT2D eigenvalue weighted by atomic mass is 10.0. The van der Waals surface area contributed by atoms with E-state index in [9.17, 15) is 0 Å². The Hall–Kier alpha value is -0.640. The molecule has 0 aliphatic heterocycles. The number of nitrogens with one attached hydrogen (secondary N) is 1. The van der Waals surface area contributed by atoms with E-state index in [0.29, 0.717) is 18.0 Å². The van der Waals surface area contributed by atoms with Crippen LogP contribution in [-0.2, 0) is 6.42 Å². The van der Waals surface area contributed by atoms with Crippen LogP contribution in [0.2, 0.25) is 0 Å². The highest BCUT2D eigenvalue weighted by Crippen LogP contribution is 2.26. The molecule has 2 rings (SSSR count). The molecule has 0 spiro atoms. The van der Waals surface area contributed by atoms with Crippen LogP contribution in [0.25, 0.3) is 0 Å². The minimum absolute atomic E-state index is 0.445. The molecule has 0 saturated carbocycles. The normalized spacial score (nSPS) is 14.9. The van der Waals surface area contributed by atoms with Crippen LogP contribution < -0.4 is 5.32 Å². The molecule has 0 aromatic carbocycles. The van der Waals surface area contributed by atoms with E-state index < -0.39 is 0 Å². The predicted octanol–water partition coefficient (Wildman–Crippen LogP) is 4.73. The summed E-state index contributed by atoms with van der Waals surface area (Å²) in [6.45, 7) is 6.82. The topological polar surface area (TPSA) is 12.0 Å². The smallest absolute Gasteiger partial charge is 0.0465 e. The van der Waals surface area contributed by atoms with Crippen LogP contribution in [0, 0.1) is 5.92 Å². The maximum atomic E-state index is 3.77. The molecule has 2 heterocycles. The fraction of sp³-hybridized carbons (Fsp3) is 0.467. The second-order valence-electron chi connectivity index (χ2n) is 5.05. The van der Waals surface area contributed by atoms with Gasteiger partial charge in [0, 0.05) is 28.3 Å². The lowest BCUT2D eigenvalue weighted by molar-refractivity contribution is 0.378. The van der Waals surface area contributed by atoms with Gasteiger partial charge in [0.05, 0.1) is 0 Å². The molecule has 0 fully saturated rings. The van der Waals surface area contributed by atoms with E-state index in [-0.39, 0.29) is 0 Å². The molecular formula is C15H21NS2. The molecule has 2 aromatic rings. The van der Waals surface area contributed by atoms with Gasteiger partial charge in [0.15, 0.2) is 0 Å². The van der Waals surface area contributed by atoms with Gasteiger partial charge < -0.3 is 5.32 Å². The molecule has 98 valence electrons. The van der Waals surface area contributed by atoms with Crippen LogP contribution in [0.5, 0.6) is 0 Å². The number of thiophene rings is 2. The van der Waals surface area contributed by atoms with Gasteiger partial charge in [-0.2, -0.15) is 0 Å². The van der Waals surface area contributed by atoms with Gasteiger partial charge in [-0.3, -0.25) is 0 Å². The first-order valence-corrected chi connectivity index (χ1v) is 8.24. The van der Waals surface area contributed by atoms with Crippen molar-refractivity contribution < 1.29 is 0 Å². The van der Waals surface area contributed by atoms with E-state index >= 15 is 0 Å². The first kappa shape index (κ1) is 13.8. The fourth-order valence-electron chi connectivity index (χ4n) is 1.87. The Bertz CT molecular complexity index is 431. The Morgan fingerprint density at radius 3 is 2.33 bits per heavy atom. The summed E-state index contributed by atoms with van der Waals surface area (Å²) in [5.74, 6) is 0.663. The molecule has 2 atom stereocenters. The van der Waals surface area contributed by atoms with Gasteiger partial charge in [-0.05, 0) is 35.7 Å². The van der Waals surface area contributed by atoms with Gasteiger partial charge in [0.1, 0.15) is 0 Å². The van der Waals surface area contributed by atoms with Crippen LogP contribution in [0.4, 0.5) is 0 Å². The molecule has 2 unspecified atom stereocenters. The second kappa shape index (κ2) is 6.50. The van der Waals surface area contributed by atoms with Gasteiger partial charge in [-0.15, -0.1) is 22.7 Å². The van der Waals surface area contributed by atoms with Gasteiger partial charge in [0.25, 0.3) is 0 Å². The molecule has 0 radical (unpaired) electrons. The number of hydrogen-bond acceptors (Lipinski definition) is 3. The summed E-state index contributed by atoms with van der Waals surface area (Å²) in [6, 6.07) is 9.73. The van der Waals surface area contributed by atoms with Gasteiger partial charge in [-0.25, -0.2) is 0 Å². The van der Waals surface area contributed by atoms with Crippen molar-refractivity contribution in [1.82, 2.24) is 5.32 Å². The van der Waals surface area contributed by atoms with Crippen LogP contribution in [0.3, 0.4) is 0 Å². The summed E-state index contributed by atoms with van der Waals surface area (Å²) in [7, 11) is 0. The number of hydrogen-bond donors (Lipinski definition) is 1. The third-order valence-corrected chi connectivity index (χ3v) is 5.22. The van der Waals surface area contributed by atoms with Crippen molar-refractivity contribution in [2.45, 2.75) is 39.3 Å². The van der Waals surface area contributed by atoms with Crippen molar-refractivity contribution in [3.05, 3.63) is 44.8 Å². The second-order valence-corrected chi connectivity index (χ2v) is 7.06. The Morgan fingerprint density at radius 2 is 1.78 bits per heavy atom. The Labute approximate surface area is 118 Å². The number of rotatable bonds is 6. The summed E-state index contributed by atoms with van der Waals surface area (Å²) in [5, 5.41) is 8.10. The zero-order chi connectivity index (χ0) is 13.0. The van der Waals surface area contributed by atoms with Crippen LogP contribution in [-0.4, -0.2) is 6.04 Å². The zero-order valence-corrected chi connectivity index (χ0v) is 12.9. The maximum Gasteiger partial charge on any atom is 0.0465 e. The van der Waals surface area contributed by atoms with Gasteiger partial charge in [-0.1, -0.05) is 26.0 Å². The molecule has 0 aliphatic rings. The summed E-state index contributed by atoms with van der Waals surface area (Å²) in [5.41, 5.74) is 0. The SMILES string of the molecule is CC(C)C(C)NC(Cc1cccs1)c1cccs1. The molecule has 2 aromatic heterocycles. The first-order chi connectivity index (χ1) is 8.66. The molecule has 0 saturated heterocycles. The van der Waals surface area contributed by atoms with Crippen LogP contribution in [0.1, 0.15) is 36.6 Å². The molecule has 0 bridgehead atoms. The summed E-state index contributed by atoms with van der Waals surface area (Å²) >= 11 is 3.70. The molecule has 0 aliphatic carbocycles. The first-order valence-electron chi connectivity index (χ1n) is 6.48. The van der Waals surface area contributed by atoms with Crippen molar-refractivity contribution >= 4 is 22.7 Å². The van der Waals surface area contributed by atoms with Crippen molar-refractivity contribution in [3.63, 3.8) is 0 Å². The van der Waals surface area contributed by atoms with E-state index in [1.54, 1.807) is 0 Å². The fourth-order valence-corrected chi connectivity index (χ4v) is 3.41. The van der Waals surface area contributed by atoms with E-state index in [4.69, 9.17) is 0 Å². The van der Waals surface area contributed by atoms with Crippen LogP contribution >= 0.6 is 22.7 Å². The molecule has 1 nitrogen and oxygen atoms in total. The van der Waals surface area contributed by atoms with Gasteiger partial charge >= 0.3 is 0 Å². The minimum atomic E-state index is 0.445. The van der Waals surface area contributed by atoms with Crippen molar-refractivity contribution in [1.29, 1.82) is 0 Å². The van der Waals surface area contributed by atoms with Crippen molar-refractivity contribution in [2.24, 2.45) is 5.92 Å². The van der Waals surface area contributed by atoms with E-state index in [1.807, 2.05) is 22.7 Å². The summed E-state index contributed by atoms with van der Waals surface area (Å²) < 4.78 is 0. The van der Waals surface area contributed by atoms with E-state index in [1.165, 1.54) is 9.75 Å². The lowest BCUT2D eigenvalue weighted by Crippen LogP contribution is -2.34. The highest BCUT2D eigenvalue weighted by atomic mass is 32.1. The van der Waals surface area contributed by atoms with Crippen molar-refractivity contribution in [2.75, 3.05) is 0 Å². The Morgan fingerprint density at radius 1 is 1.06 bits per heavy atom. The largest absolute Gasteiger partial charge is 0.306 e. The third kappa shape index (κ3) is 3.67. The average molecular weight is 279 g/mol. The zero-order valence-electron chi connectivity index (χ0n) is 11.2.